The van der Waals surface area contributed by atoms with Crippen molar-refractivity contribution < 1.29 is 24.2 Å². The van der Waals surface area contributed by atoms with Crippen LogP contribution in [0, 0.1) is 16.7 Å². The maximum Gasteiger partial charge on any atom is 0.306 e. The molecule has 164 valence electrons. The highest BCUT2D eigenvalue weighted by Gasteiger charge is 2.52. The minimum Gasteiger partial charge on any atom is -0.465 e. The minimum absolute atomic E-state index is 0.0193. The molecule has 5 heteroatoms. The smallest absolute Gasteiger partial charge is 0.306 e. The van der Waals surface area contributed by atoms with Gasteiger partial charge in [-0.2, -0.15) is 0 Å². The molecule has 4 aliphatic rings. The molecule has 4 rings (SSSR count). The van der Waals surface area contributed by atoms with Gasteiger partial charge in [-0.15, -0.1) is 0 Å². The van der Waals surface area contributed by atoms with Crippen molar-refractivity contribution in [1.82, 2.24) is 0 Å². The number of carbonyl (C=O) groups is 2. The van der Waals surface area contributed by atoms with Crippen LogP contribution in [0.4, 0.5) is 0 Å². The Hall–Kier alpha value is -1.10. The van der Waals surface area contributed by atoms with E-state index in [4.69, 9.17) is 9.47 Å². The lowest BCUT2D eigenvalue weighted by atomic mass is 9.81. The van der Waals surface area contributed by atoms with E-state index in [0.717, 1.165) is 51.4 Å². The Morgan fingerprint density at radius 1 is 0.862 bits per heavy atom. The zero-order valence-corrected chi connectivity index (χ0v) is 17.8. The second-order valence-electron chi connectivity index (χ2n) is 10.3. The summed E-state index contributed by atoms with van der Waals surface area (Å²) in [7, 11) is 0. The molecule has 2 saturated carbocycles. The van der Waals surface area contributed by atoms with Gasteiger partial charge in [-0.05, 0) is 75.5 Å². The molecule has 4 fully saturated rings. The Labute approximate surface area is 174 Å². The van der Waals surface area contributed by atoms with E-state index in [1.807, 2.05) is 0 Å². The van der Waals surface area contributed by atoms with Crippen LogP contribution in [-0.4, -0.2) is 35.9 Å². The first-order valence-electron chi connectivity index (χ1n) is 12.0. The number of aliphatic hydroxyl groups is 1. The Bertz CT molecular complexity index is 582. The van der Waals surface area contributed by atoms with Gasteiger partial charge in [0.2, 0.25) is 0 Å². The van der Waals surface area contributed by atoms with E-state index in [1.165, 1.54) is 38.5 Å². The van der Waals surface area contributed by atoms with Gasteiger partial charge in [-0.1, -0.05) is 25.7 Å². The minimum atomic E-state index is -0.180. The highest BCUT2D eigenvalue weighted by Crippen LogP contribution is 2.58. The van der Waals surface area contributed by atoms with Gasteiger partial charge in [0.1, 0.15) is 6.10 Å². The third-order valence-electron chi connectivity index (χ3n) is 8.28. The molecule has 5 nitrogen and oxygen atoms in total. The molecule has 3 atom stereocenters. The molecule has 0 aromatic rings. The summed E-state index contributed by atoms with van der Waals surface area (Å²) in [5.74, 6) is 0.519. The van der Waals surface area contributed by atoms with Gasteiger partial charge in [0.15, 0.2) is 0 Å². The zero-order valence-electron chi connectivity index (χ0n) is 17.8. The third kappa shape index (κ3) is 5.34. The second-order valence-corrected chi connectivity index (χ2v) is 10.3. The van der Waals surface area contributed by atoms with E-state index >= 15 is 0 Å². The summed E-state index contributed by atoms with van der Waals surface area (Å²) < 4.78 is 10.8. The lowest BCUT2D eigenvalue weighted by Crippen LogP contribution is -2.29. The van der Waals surface area contributed by atoms with Gasteiger partial charge < -0.3 is 14.6 Å². The molecule has 2 heterocycles. The first-order valence-corrected chi connectivity index (χ1v) is 12.0. The summed E-state index contributed by atoms with van der Waals surface area (Å²) in [5.41, 5.74) is 0.719. The van der Waals surface area contributed by atoms with E-state index in [-0.39, 0.29) is 29.6 Å². The van der Waals surface area contributed by atoms with Crippen LogP contribution in [0.1, 0.15) is 103 Å². The predicted molar refractivity (Wildman–Crippen MR) is 109 cm³/mol. The maximum atomic E-state index is 11.4. The summed E-state index contributed by atoms with van der Waals surface area (Å²) in [6, 6.07) is 0. The largest absolute Gasteiger partial charge is 0.465 e. The summed E-state index contributed by atoms with van der Waals surface area (Å²) in [6.07, 6.45) is 16.7. The normalized spacial score (nSPS) is 30.5. The van der Waals surface area contributed by atoms with Crippen LogP contribution >= 0.6 is 0 Å². The van der Waals surface area contributed by atoms with E-state index in [2.05, 4.69) is 0 Å². The van der Waals surface area contributed by atoms with Crippen LogP contribution in [0.15, 0.2) is 0 Å². The van der Waals surface area contributed by atoms with Crippen molar-refractivity contribution in [3.05, 3.63) is 0 Å². The van der Waals surface area contributed by atoms with Crippen molar-refractivity contribution >= 4 is 11.9 Å². The summed E-state index contributed by atoms with van der Waals surface area (Å²) in [6.45, 7) is 0.628. The fraction of sp³-hybridized carbons (Fsp3) is 0.917. The second kappa shape index (κ2) is 8.95. The van der Waals surface area contributed by atoms with Gasteiger partial charge in [-0.25, -0.2) is 0 Å². The monoisotopic (exact) mass is 406 g/mol. The SMILES string of the molecule is O=C1CCC(C2(CCCCC(O)CCCCC3(C4CCC(=O)O4)CC3)CC2)CO1. The van der Waals surface area contributed by atoms with E-state index in [1.54, 1.807) is 0 Å². The molecular formula is C24H38O5. The third-order valence-corrected chi connectivity index (χ3v) is 8.28. The first kappa shape index (κ1) is 21.1. The van der Waals surface area contributed by atoms with Crippen LogP contribution in [0.25, 0.3) is 0 Å². The number of ether oxygens (including phenoxy) is 2. The number of esters is 2. The van der Waals surface area contributed by atoms with Crippen LogP contribution in [-0.2, 0) is 19.1 Å². The van der Waals surface area contributed by atoms with Crippen molar-refractivity contribution in [2.24, 2.45) is 16.7 Å². The van der Waals surface area contributed by atoms with Crippen molar-refractivity contribution in [2.75, 3.05) is 6.61 Å². The van der Waals surface area contributed by atoms with E-state index in [9.17, 15) is 14.7 Å². The van der Waals surface area contributed by atoms with Gasteiger partial charge in [0.05, 0.1) is 12.7 Å². The molecule has 0 amide bonds. The highest BCUT2D eigenvalue weighted by molar-refractivity contribution is 5.71. The van der Waals surface area contributed by atoms with Crippen molar-refractivity contribution in [2.45, 2.75) is 115 Å². The van der Waals surface area contributed by atoms with Gasteiger partial charge in [0.25, 0.3) is 0 Å². The van der Waals surface area contributed by atoms with Gasteiger partial charge >= 0.3 is 11.9 Å². The lowest BCUT2D eigenvalue weighted by Gasteiger charge is -2.30. The fourth-order valence-electron chi connectivity index (χ4n) is 5.86. The number of hydrogen-bond donors (Lipinski definition) is 1. The van der Waals surface area contributed by atoms with Gasteiger partial charge in [0, 0.05) is 18.3 Å². The van der Waals surface area contributed by atoms with Crippen molar-refractivity contribution in [1.29, 1.82) is 0 Å². The quantitative estimate of drug-likeness (QED) is 0.376. The Morgan fingerprint density at radius 2 is 1.48 bits per heavy atom. The lowest BCUT2D eigenvalue weighted by molar-refractivity contribution is -0.151. The van der Waals surface area contributed by atoms with Crippen molar-refractivity contribution in [3.8, 4) is 0 Å². The van der Waals surface area contributed by atoms with Crippen LogP contribution in [0.2, 0.25) is 0 Å². The average Bonchev–Trinajstić information content (AvgIpc) is 3.63. The predicted octanol–water partition coefficient (Wildman–Crippen LogP) is 4.69. The van der Waals surface area contributed by atoms with E-state index < -0.39 is 0 Å². The first-order chi connectivity index (χ1) is 14.0. The summed E-state index contributed by atoms with van der Waals surface area (Å²) >= 11 is 0. The number of carbonyl (C=O) groups excluding carboxylic acids is 2. The number of cyclic esters (lactones) is 2. The molecule has 0 aromatic carbocycles. The maximum absolute atomic E-state index is 11.4. The number of aliphatic hydroxyl groups excluding tert-OH is 1. The molecule has 2 saturated heterocycles. The molecule has 29 heavy (non-hydrogen) atoms. The summed E-state index contributed by atoms with van der Waals surface area (Å²) in [4.78, 5) is 22.6. The molecule has 3 unspecified atom stereocenters. The Balaban J connectivity index is 1.04. The molecule has 0 bridgehead atoms. The average molecular weight is 407 g/mol. The summed E-state index contributed by atoms with van der Waals surface area (Å²) in [5, 5.41) is 10.3. The standard InChI is InChI=1S/C24H38O5/c25-19(6-2-4-12-24(15-16-24)20-8-10-22(27)29-20)5-1-3-11-23(13-14-23)18-7-9-21(26)28-17-18/h18-20,25H,1-17H2. The highest BCUT2D eigenvalue weighted by atomic mass is 16.6. The number of unbranched alkanes of at least 4 members (excludes halogenated alkanes) is 2. The van der Waals surface area contributed by atoms with Crippen LogP contribution < -0.4 is 0 Å². The zero-order chi connectivity index (χ0) is 20.3. The topological polar surface area (TPSA) is 72.8 Å². The molecule has 0 aromatic heterocycles. The molecule has 0 spiro atoms. The molecule has 2 aliphatic heterocycles. The Morgan fingerprint density at radius 3 is 2.00 bits per heavy atom. The van der Waals surface area contributed by atoms with Crippen molar-refractivity contribution in [3.63, 3.8) is 0 Å². The van der Waals surface area contributed by atoms with E-state index in [0.29, 0.717) is 30.8 Å². The number of hydrogen-bond acceptors (Lipinski definition) is 5. The van der Waals surface area contributed by atoms with Gasteiger partial charge in [-0.3, -0.25) is 9.59 Å². The van der Waals surface area contributed by atoms with Crippen LogP contribution in [0.5, 0.6) is 0 Å². The van der Waals surface area contributed by atoms with Crippen LogP contribution in [0.3, 0.4) is 0 Å². The molecule has 2 aliphatic carbocycles. The fourth-order valence-corrected chi connectivity index (χ4v) is 5.86. The molecule has 0 radical (unpaired) electrons. The molecular weight excluding hydrogens is 368 g/mol. The Kier molecular flexibility index (Phi) is 6.53. The molecule has 1 N–H and O–H groups in total. The number of rotatable bonds is 12.